The number of likely N-dealkylation sites (N-methyl/N-ethyl adjacent to an activating group) is 1. The maximum absolute atomic E-state index is 14.1. The molecule has 1 unspecified atom stereocenters. The fraction of sp³-hybridized carbons (Fsp3) is 0.231. The molecular weight excluding hydrogens is 423 g/mol. The van der Waals surface area contributed by atoms with E-state index in [0.717, 1.165) is 16.8 Å². The first kappa shape index (κ1) is 22.5. The van der Waals surface area contributed by atoms with Crippen LogP contribution in [0.25, 0.3) is 16.5 Å². The number of carbonyl (C=O) groups excluding carboxylic acids is 2. The Bertz CT molecular complexity index is 1260. The average Bonchev–Trinajstić information content (AvgIpc) is 3.06. The van der Waals surface area contributed by atoms with Gasteiger partial charge in [0.05, 0.1) is 24.3 Å². The molecule has 1 saturated heterocycles. The van der Waals surface area contributed by atoms with E-state index in [1.807, 2.05) is 61.5 Å². The average molecular weight is 448 g/mol. The minimum absolute atomic E-state index is 0.0216. The van der Waals surface area contributed by atoms with E-state index >= 15 is 0 Å². The third-order valence-corrected chi connectivity index (χ3v) is 5.86. The summed E-state index contributed by atoms with van der Waals surface area (Å²) < 4.78 is 19.3. The highest BCUT2D eigenvalue weighted by molar-refractivity contribution is 6.46. The molecule has 0 saturated carbocycles. The third kappa shape index (κ3) is 4.07. The lowest BCUT2D eigenvalue weighted by Crippen LogP contribution is -2.35. The number of rotatable bonds is 6. The maximum atomic E-state index is 14.1. The van der Waals surface area contributed by atoms with E-state index in [0.29, 0.717) is 12.1 Å². The molecule has 3 aromatic rings. The normalized spacial score (nSPS) is 17.8. The van der Waals surface area contributed by atoms with Crippen LogP contribution in [0.2, 0.25) is 0 Å². The fourth-order valence-electron chi connectivity index (χ4n) is 4.24. The highest BCUT2D eigenvalue weighted by Gasteiger charge is 2.46. The molecular formula is C26H25FN2O4. The quantitative estimate of drug-likeness (QED) is 0.351. The van der Waals surface area contributed by atoms with E-state index in [1.54, 1.807) is 0 Å². The lowest BCUT2D eigenvalue weighted by molar-refractivity contribution is -0.140. The Morgan fingerprint density at radius 2 is 1.82 bits per heavy atom. The number of hydrogen-bond acceptors (Lipinski definition) is 5. The molecule has 0 radical (unpaired) electrons. The molecule has 1 atom stereocenters. The Hall–Kier alpha value is -3.71. The van der Waals surface area contributed by atoms with Crippen LogP contribution in [0.5, 0.6) is 5.75 Å². The molecule has 0 bridgehead atoms. The summed E-state index contributed by atoms with van der Waals surface area (Å²) in [6.07, 6.45) is 0. The number of ether oxygens (including phenoxy) is 1. The molecule has 1 aliphatic heterocycles. The van der Waals surface area contributed by atoms with Gasteiger partial charge in [-0.1, -0.05) is 42.5 Å². The van der Waals surface area contributed by atoms with Gasteiger partial charge in [0.15, 0.2) is 0 Å². The number of aliphatic hydroxyl groups is 1. The van der Waals surface area contributed by atoms with Gasteiger partial charge in [-0.15, -0.1) is 0 Å². The zero-order valence-electron chi connectivity index (χ0n) is 18.7. The topological polar surface area (TPSA) is 70.1 Å². The minimum Gasteiger partial charge on any atom is -0.507 e. The van der Waals surface area contributed by atoms with Gasteiger partial charge < -0.3 is 19.6 Å². The van der Waals surface area contributed by atoms with Crippen molar-refractivity contribution in [3.63, 3.8) is 0 Å². The summed E-state index contributed by atoms with van der Waals surface area (Å²) in [5, 5.41) is 13.1. The Balaban J connectivity index is 1.98. The van der Waals surface area contributed by atoms with Crippen LogP contribution in [0, 0.1) is 5.82 Å². The van der Waals surface area contributed by atoms with Crippen molar-refractivity contribution < 1.29 is 23.8 Å². The molecule has 0 spiro atoms. The van der Waals surface area contributed by atoms with E-state index in [9.17, 15) is 19.1 Å². The summed E-state index contributed by atoms with van der Waals surface area (Å²) in [5.74, 6) is -2.37. The first-order valence-electron chi connectivity index (χ1n) is 10.6. The van der Waals surface area contributed by atoms with Crippen LogP contribution in [-0.2, 0) is 9.59 Å². The molecule has 0 aromatic heterocycles. The largest absolute Gasteiger partial charge is 0.507 e. The molecule has 6 nitrogen and oxygen atoms in total. The van der Waals surface area contributed by atoms with Crippen molar-refractivity contribution in [3.8, 4) is 5.75 Å². The van der Waals surface area contributed by atoms with Gasteiger partial charge in [-0.2, -0.15) is 0 Å². The van der Waals surface area contributed by atoms with Gasteiger partial charge in [0.2, 0.25) is 0 Å². The van der Waals surface area contributed by atoms with Crippen LogP contribution in [0.1, 0.15) is 17.2 Å². The summed E-state index contributed by atoms with van der Waals surface area (Å²) in [6.45, 7) is 0.806. The number of aliphatic hydroxyl groups excluding tert-OH is 1. The lowest BCUT2D eigenvalue weighted by atomic mass is 9.91. The summed E-state index contributed by atoms with van der Waals surface area (Å²) >= 11 is 0. The second kappa shape index (κ2) is 9.03. The number of nitrogens with zero attached hydrogens (tertiary/aromatic N) is 2. The van der Waals surface area contributed by atoms with Crippen LogP contribution in [0.15, 0.2) is 66.2 Å². The molecule has 1 amide bonds. The van der Waals surface area contributed by atoms with Crippen LogP contribution in [0.3, 0.4) is 0 Å². The van der Waals surface area contributed by atoms with Crippen LogP contribution >= 0.6 is 0 Å². The second-order valence-electron chi connectivity index (χ2n) is 8.21. The smallest absolute Gasteiger partial charge is 0.295 e. The zero-order chi connectivity index (χ0) is 23.7. The van der Waals surface area contributed by atoms with Crippen molar-refractivity contribution in [2.75, 3.05) is 34.3 Å². The zero-order valence-corrected chi connectivity index (χ0v) is 18.7. The van der Waals surface area contributed by atoms with E-state index in [-0.39, 0.29) is 23.4 Å². The van der Waals surface area contributed by atoms with Gasteiger partial charge in [-0.05, 0) is 48.6 Å². The van der Waals surface area contributed by atoms with Gasteiger partial charge in [0.25, 0.3) is 11.7 Å². The van der Waals surface area contributed by atoms with Crippen molar-refractivity contribution in [2.45, 2.75) is 6.04 Å². The molecule has 1 fully saturated rings. The van der Waals surface area contributed by atoms with Crippen molar-refractivity contribution in [3.05, 3.63) is 83.2 Å². The summed E-state index contributed by atoms with van der Waals surface area (Å²) in [4.78, 5) is 29.7. The number of amides is 1. The predicted molar refractivity (Wildman–Crippen MR) is 124 cm³/mol. The van der Waals surface area contributed by atoms with E-state index < -0.39 is 29.3 Å². The number of methoxy groups -OCH3 is 1. The van der Waals surface area contributed by atoms with Crippen LogP contribution in [-0.4, -0.2) is 60.9 Å². The van der Waals surface area contributed by atoms with Crippen molar-refractivity contribution in [2.24, 2.45) is 0 Å². The van der Waals surface area contributed by atoms with Crippen LogP contribution in [0.4, 0.5) is 4.39 Å². The Morgan fingerprint density at radius 1 is 1.09 bits per heavy atom. The van der Waals surface area contributed by atoms with Gasteiger partial charge in [0, 0.05) is 13.1 Å². The highest BCUT2D eigenvalue weighted by atomic mass is 19.1. The molecule has 0 aliphatic carbocycles. The molecule has 1 N–H and O–H groups in total. The third-order valence-electron chi connectivity index (χ3n) is 5.86. The van der Waals surface area contributed by atoms with E-state index in [1.165, 1.54) is 24.1 Å². The Labute approximate surface area is 191 Å². The second-order valence-corrected chi connectivity index (χ2v) is 8.21. The highest BCUT2D eigenvalue weighted by Crippen LogP contribution is 2.42. The van der Waals surface area contributed by atoms with E-state index in [2.05, 4.69) is 0 Å². The number of fused-ring (bicyclic) bond motifs is 1. The number of ketones is 1. The number of Topliss-reactive ketones (excluding diaryl/α,β-unsaturated/α-hetero) is 1. The number of halogens is 1. The van der Waals surface area contributed by atoms with Gasteiger partial charge in [-0.3, -0.25) is 9.59 Å². The van der Waals surface area contributed by atoms with Gasteiger partial charge in [0.1, 0.15) is 17.3 Å². The summed E-state index contributed by atoms with van der Waals surface area (Å²) in [7, 11) is 5.14. The van der Waals surface area contributed by atoms with E-state index in [4.69, 9.17) is 4.74 Å². The minimum atomic E-state index is -0.830. The molecule has 170 valence electrons. The SMILES string of the molecule is COc1ccc(F)cc1/C(O)=C1\C(=O)C(=O)N(CCN(C)C)C1c1cccc2ccccc12. The molecule has 1 aliphatic rings. The van der Waals surface area contributed by atoms with Crippen molar-refractivity contribution in [1.82, 2.24) is 9.80 Å². The fourth-order valence-corrected chi connectivity index (χ4v) is 4.24. The van der Waals surface area contributed by atoms with Gasteiger partial charge in [-0.25, -0.2) is 4.39 Å². The summed E-state index contributed by atoms with van der Waals surface area (Å²) in [5.41, 5.74) is 0.648. The van der Waals surface area contributed by atoms with Crippen molar-refractivity contribution in [1.29, 1.82) is 0 Å². The predicted octanol–water partition coefficient (Wildman–Crippen LogP) is 3.97. The molecule has 1 heterocycles. The number of benzene rings is 3. The first-order valence-corrected chi connectivity index (χ1v) is 10.6. The molecule has 33 heavy (non-hydrogen) atoms. The molecule has 3 aromatic carbocycles. The summed E-state index contributed by atoms with van der Waals surface area (Å²) in [6, 6.07) is 16.1. The number of likely N-dealkylation sites (tertiary alicyclic amines) is 1. The first-order chi connectivity index (χ1) is 15.8. The standard InChI is InChI=1S/C26H25FN2O4/c1-28(2)13-14-29-23(19-10-6-8-16-7-4-5-9-18(16)19)22(25(31)26(29)32)24(30)20-15-17(27)11-12-21(20)33-3/h4-12,15,23,30H,13-14H2,1-3H3/b24-22+. The number of carbonyl (C=O) groups is 2. The lowest BCUT2D eigenvalue weighted by Gasteiger charge is -2.27. The maximum Gasteiger partial charge on any atom is 0.295 e. The molecule has 7 heteroatoms. The Morgan fingerprint density at radius 3 is 2.55 bits per heavy atom. The number of hydrogen-bond donors (Lipinski definition) is 1. The van der Waals surface area contributed by atoms with Crippen molar-refractivity contribution >= 4 is 28.2 Å². The Kier molecular flexibility index (Phi) is 6.16. The molecule has 4 rings (SSSR count). The monoisotopic (exact) mass is 448 g/mol. The van der Waals surface area contributed by atoms with Gasteiger partial charge >= 0.3 is 0 Å². The van der Waals surface area contributed by atoms with Crippen LogP contribution < -0.4 is 4.74 Å².